The summed E-state index contributed by atoms with van der Waals surface area (Å²) < 4.78 is 10.8. The predicted molar refractivity (Wildman–Crippen MR) is 106 cm³/mol. The molecule has 4 aromatic rings. The van der Waals surface area contributed by atoms with E-state index in [4.69, 9.17) is 9.47 Å². The summed E-state index contributed by atoms with van der Waals surface area (Å²) in [5.41, 5.74) is 2.08. The van der Waals surface area contributed by atoms with E-state index >= 15 is 0 Å². The molecular formula is C19H14ClN3O2S. The van der Waals surface area contributed by atoms with Crippen LogP contribution < -0.4 is 14.8 Å². The maximum atomic E-state index is 5.43. The molecule has 26 heavy (non-hydrogen) atoms. The Bertz CT molecular complexity index is 1070. The lowest BCUT2D eigenvalue weighted by molar-refractivity contribution is 0.174. The molecule has 0 amide bonds. The van der Waals surface area contributed by atoms with Gasteiger partial charge in [-0.2, -0.15) is 0 Å². The summed E-state index contributed by atoms with van der Waals surface area (Å²) in [5, 5.41) is 4.37. The number of hydrogen-bond donors (Lipinski definition) is 1. The zero-order valence-electron chi connectivity index (χ0n) is 13.5. The van der Waals surface area contributed by atoms with Gasteiger partial charge in [-0.15, -0.1) is 23.7 Å². The van der Waals surface area contributed by atoms with Gasteiger partial charge in [-0.05, 0) is 23.8 Å². The van der Waals surface area contributed by atoms with E-state index in [1.807, 2.05) is 36.4 Å². The van der Waals surface area contributed by atoms with Crippen molar-refractivity contribution in [2.75, 3.05) is 12.1 Å². The highest BCUT2D eigenvalue weighted by Gasteiger charge is 2.15. The first-order valence-electron chi connectivity index (χ1n) is 7.83. The van der Waals surface area contributed by atoms with Gasteiger partial charge in [0.2, 0.25) is 6.79 Å². The molecule has 3 heterocycles. The number of anilines is 2. The van der Waals surface area contributed by atoms with Crippen LogP contribution in [0.4, 0.5) is 11.5 Å². The van der Waals surface area contributed by atoms with Crippen LogP contribution in [0, 0.1) is 0 Å². The molecule has 1 N–H and O–H groups in total. The number of nitrogens with one attached hydrogen (secondary N) is 1. The smallest absolute Gasteiger partial charge is 0.231 e. The third-order valence-electron chi connectivity index (χ3n) is 4.02. The first kappa shape index (κ1) is 16.6. The molecule has 0 fully saturated rings. The Balaban J connectivity index is 0.00000168. The SMILES string of the molecule is Cl.c1ccc(-c2cc3c(Nc4ccc5c(c4)OCO5)ncnc3s2)cc1. The summed E-state index contributed by atoms with van der Waals surface area (Å²) in [7, 11) is 0. The molecule has 130 valence electrons. The zero-order valence-corrected chi connectivity index (χ0v) is 15.1. The number of thiophene rings is 1. The van der Waals surface area contributed by atoms with E-state index in [0.717, 1.165) is 33.2 Å². The van der Waals surface area contributed by atoms with Crippen molar-refractivity contribution in [2.24, 2.45) is 0 Å². The Morgan fingerprint density at radius 3 is 2.65 bits per heavy atom. The van der Waals surface area contributed by atoms with Crippen molar-refractivity contribution in [1.29, 1.82) is 0 Å². The lowest BCUT2D eigenvalue weighted by Crippen LogP contribution is -1.94. The number of ether oxygens (including phenoxy) is 2. The van der Waals surface area contributed by atoms with E-state index in [-0.39, 0.29) is 19.2 Å². The van der Waals surface area contributed by atoms with E-state index in [0.29, 0.717) is 0 Å². The van der Waals surface area contributed by atoms with Gasteiger partial charge in [-0.3, -0.25) is 0 Å². The average Bonchev–Trinajstić information content (AvgIpc) is 3.29. The minimum Gasteiger partial charge on any atom is -0.454 e. The van der Waals surface area contributed by atoms with Gasteiger partial charge in [0.05, 0.1) is 5.39 Å². The van der Waals surface area contributed by atoms with E-state index < -0.39 is 0 Å². The van der Waals surface area contributed by atoms with Gasteiger partial charge in [0.1, 0.15) is 17.0 Å². The van der Waals surface area contributed by atoms with Gasteiger partial charge in [0, 0.05) is 16.6 Å². The summed E-state index contributed by atoms with van der Waals surface area (Å²) in [6.07, 6.45) is 1.59. The van der Waals surface area contributed by atoms with Crippen LogP contribution in [0.3, 0.4) is 0 Å². The third-order valence-corrected chi connectivity index (χ3v) is 5.12. The standard InChI is InChI=1S/C19H13N3O2S.ClH/c1-2-4-12(5-3-1)17-9-14-18(20-10-21-19(14)25-17)22-13-6-7-15-16(8-13)24-11-23-15;/h1-10H,11H2,(H,20,21,22);1H. The second kappa shape index (κ2) is 6.82. The monoisotopic (exact) mass is 383 g/mol. The molecule has 0 spiro atoms. The fourth-order valence-corrected chi connectivity index (χ4v) is 3.82. The minimum atomic E-state index is 0. The molecule has 0 unspecified atom stereocenters. The number of benzene rings is 2. The van der Waals surface area contributed by atoms with Crippen LogP contribution in [-0.2, 0) is 0 Å². The van der Waals surface area contributed by atoms with Gasteiger partial charge in [-0.25, -0.2) is 9.97 Å². The van der Waals surface area contributed by atoms with Gasteiger partial charge < -0.3 is 14.8 Å². The van der Waals surface area contributed by atoms with E-state index in [1.165, 1.54) is 10.4 Å². The van der Waals surface area contributed by atoms with Gasteiger partial charge in [0.25, 0.3) is 0 Å². The van der Waals surface area contributed by atoms with Crippen LogP contribution in [0.1, 0.15) is 0 Å². The first-order chi connectivity index (χ1) is 12.4. The molecule has 1 aliphatic heterocycles. The highest BCUT2D eigenvalue weighted by Crippen LogP contribution is 2.38. The van der Waals surface area contributed by atoms with Crippen molar-refractivity contribution in [3.05, 3.63) is 60.9 Å². The summed E-state index contributed by atoms with van der Waals surface area (Å²) in [6, 6.07) is 18.2. The second-order valence-electron chi connectivity index (χ2n) is 5.61. The maximum Gasteiger partial charge on any atom is 0.231 e. The zero-order chi connectivity index (χ0) is 16.6. The highest BCUT2D eigenvalue weighted by molar-refractivity contribution is 7.21. The molecule has 0 atom stereocenters. The van der Waals surface area contributed by atoms with Crippen LogP contribution in [0.15, 0.2) is 60.9 Å². The predicted octanol–water partition coefficient (Wildman–Crippen LogP) is 5.25. The second-order valence-corrected chi connectivity index (χ2v) is 6.64. The number of aromatic nitrogens is 2. The molecule has 0 radical (unpaired) electrons. The van der Waals surface area contributed by atoms with Crippen molar-refractivity contribution >= 4 is 45.5 Å². The average molecular weight is 384 g/mol. The Morgan fingerprint density at radius 1 is 0.923 bits per heavy atom. The van der Waals surface area contributed by atoms with Crippen molar-refractivity contribution in [2.45, 2.75) is 0 Å². The fraction of sp³-hybridized carbons (Fsp3) is 0.0526. The van der Waals surface area contributed by atoms with E-state index in [2.05, 4.69) is 33.5 Å². The Labute approximate surface area is 160 Å². The molecule has 0 saturated carbocycles. The molecule has 5 rings (SSSR count). The fourth-order valence-electron chi connectivity index (χ4n) is 2.81. The molecular weight excluding hydrogens is 370 g/mol. The van der Waals surface area contributed by atoms with Gasteiger partial charge >= 0.3 is 0 Å². The Morgan fingerprint density at radius 2 is 1.77 bits per heavy atom. The van der Waals surface area contributed by atoms with Gasteiger partial charge in [0.15, 0.2) is 11.5 Å². The van der Waals surface area contributed by atoms with Crippen molar-refractivity contribution in [3.63, 3.8) is 0 Å². The Kier molecular flexibility index (Phi) is 4.36. The molecule has 0 saturated heterocycles. The number of nitrogens with zero attached hydrogens (tertiary/aromatic N) is 2. The van der Waals surface area contributed by atoms with Gasteiger partial charge in [-0.1, -0.05) is 30.3 Å². The lowest BCUT2D eigenvalue weighted by Gasteiger charge is -2.07. The largest absolute Gasteiger partial charge is 0.454 e. The molecule has 0 bridgehead atoms. The van der Waals surface area contributed by atoms with Crippen molar-refractivity contribution < 1.29 is 9.47 Å². The highest BCUT2D eigenvalue weighted by atomic mass is 35.5. The normalized spacial score (nSPS) is 12.0. The summed E-state index contributed by atoms with van der Waals surface area (Å²) in [4.78, 5) is 11.0. The van der Waals surface area contributed by atoms with Crippen molar-refractivity contribution in [1.82, 2.24) is 9.97 Å². The molecule has 5 nitrogen and oxygen atoms in total. The summed E-state index contributed by atoms with van der Waals surface area (Å²) in [5.74, 6) is 2.29. The molecule has 2 aromatic carbocycles. The summed E-state index contributed by atoms with van der Waals surface area (Å²) in [6.45, 7) is 0.265. The number of rotatable bonds is 3. The molecule has 7 heteroatoms. The van der Waals surface area contributed by atoms with Crippen molar-refractivity contribution in [3.8, 4) is 21.9 Å². The quantitative estimate of drug-likeness (QED) is 0.523. The number of halogens is 1. The molecule has 2 aromatic heterocycles. The van der Waals surface area contributed by atoms with Crippen LogP contribution in [0.2, 0.25) is 0 Å². The maximum absolute atomic E-state index is 5.43. The topological polar surface area (TPSA) is 56.3 Å². The number of hydrogen-bond acceptors (Lipinski definition) is 6. The van der Waals surface area contributed by atoms with E-state index in [1.54, 1.807) is 17.7 Å². The molecule has 0 aliphatic carbocycles. The van der Waals surface area contributed by atoms with Crippen LogP contribution in [0.25, 0.3) is 20.7 Å². The van der Waals surface area contributed by atoms with E-state index in [9.17, 15) is 0 Å². The van der Waals surface area contributed by atoms with Crippen LogP contribution in [0.5, 0.6) is 11.5 Å². The van der Waals surface area contributed by atoms with Crippen LogP contribution in [-0.4, -0.2) is 16.8 Å². The first-order valence-corrected chi connectivity index (χ1v) is 8.65. The summed E-state index contributed by atoms with van der Waals surface area (Å²) >= 11 is 1.66. The minimum absolute atomic E-state index is 0. The van der Waals surface area contributed by atoms with Crippen LogP contribution >= 0.6 is 23.7 Å². The molecule has 1 aliphatic rings. The third kappa shape index (κ3) is 2.94. The Hall–Kier alpha value is -2.83. The number of fused-ring (bicyclic) bond motifs is 2. The lowest BCUT2D eigenvalue weighted by atomic mass is 10.2.